The Morgan fingerprint density at radius 3 is 2.19 bits per heavy atom. The first-order chi connectivity index (χ1) is 12.2. The second kappa shape index (κ2) is 7.61. The summed E-state index contributed by atoms with van der Waals surface area (Å²) in [6.45, 7) is 6.35. The predicted octanol–water partition coefficient (Wildman–Crippen LogP) is 2.57. The van der Waals surface area contributed by atoms with E-state index in [1.54, 1.807) is 32.9 Å². The Hall–Kier alpha value is -2.81. The number of carbonyl (C=O) groups excluding carboxylic acids is 2. The van der Waals surface area contributed by atoms with Crippen LogP contribution in [0.15, 0.2) is 29.2 Å². The van der Waals surface area contributed by atoms with Gasteiger partial charge in [-0.05, 0) is 45.0 Å². The van der Waals surface area contributed by atoms with Crippen LogP contribution in [0.1, 0.15) is 35.6 Å². The van der Waals surface area contributed by atoms with Crippen molar-refractivity contribution in [2.75, 3.05) is 16.6 Å². The maximum atomic E-state index is 12.8. The lowest BCUT2D eigenvalue weighted by atomic mass is 10.2. The fourth-order valence-electron chi connectivity index (χ4n) is 2.57. The Morgan fingerprint density at radius 2 is 1.65 bits per heavy atom. The van der Waals surface area contributed by atoms with E-state index in [0.29, 0.717) is 22.8 Å². The number of nitrogens with one attached hydrogen (secondary N) is 3. The summed E-state index contributed by atoms with van der Waals surface area (Å²) in [6, 6.07) is 6.17. The van der Waals surface area contributed by atoms with E-state index in [1.165, 1.54) is 19.1 Å². The molecule has 0 saturated heterocycles. The quantitative estimate of drug-likeness (QED) is 0.667. The molecule has 1 heterocycles. The van der Waals surface area contributed by atoms with Gasteiger partial charge in [0.1, 0.15) is 10.5 Å². The average Bonchev–Trinajstić information content (AvgIpc) is 2.84. The molecule has 0 fully saturated rings. The van der Waals surface area contributed by atoms with Crippen LogP contribution in [0.5, 0.6) is 0 Å². The molecule has 0 spiro atoms. The molecule has 0 aliphatic carbocycles. The number of rotatable bonds is 6. The second-order valence-corrected chi connectivity index (χ2v) is 7.28. The molecule has 0 bridgehead atoms. The van der Waals surface area contributed by atoms with Crippen LogP contribution in [0.4, 0.5) is 11.4 Å². The molecule has 0 unspecified atom stereocenters. The van der Waals surface area contributed by atoms with Crippen LogP contribution in [0.3, 0.4) is 0 Å². The summed E-state index contributed by atoms with van der Waals surface area (Å²) in [6.07, 6.45) is 0. The predicted molar refractivity (Wildman–Crippen MR) is 97.8 cm³/mol. The van der Waals surface area contributed by atoms with Gasteiger partial charge in [-0.2, -0.15) is 0 Å². The molecule has 8 nitrogen and oxygen atoms in total. The molecule has 1 aromatic carbocycles. The van der Waals surface area contributed by atoms with E-state index >= 15 is 0 Å². The van der Waals surface area contributed by atoms with Crippen molar-refractivity contribution in [1.29, 1.82) is 0 Å². The number of anilines is 2. The molecular weight excluding hydrogens is 358 g/mol. The highest BCUT2D eigenvalue weighted by atomic mass is 32.2. The highest BCUT2D eigenvalue weighted by Gasteiger charge is 2.29. The van der Waals surface area contributed by atoms with Crippen LogP contribution in [0.25, 0.3) is 0 Å². The Labute approximate surface area is 152 Å². The lowest BCUT2D eigenvalue weighted by Crippen LogP contribution is -2.18. The topological polar surface area (TPSA) is 117 Å². The number of benzene rings is 1. The Kier molecular flexibility index (Phi) is 5.71. The molecule has 0 radical (unpaired) electrons. The Balaban J connectivity index is 2.36. The van der Waals surface area contributed by atoms with Crippen molar-refractivity contribution in [3.8, 4) is 0 Å². The van der Waals surface area contributed by atoms with Gasteiger partial charge in [-0.15, -0.1) is 0 Å². The minimum atomic E-state index is -4.02. The van der Waals surface area contributed by atoms with Crippen LogP contribution in [0.2, 0.25) is 0 Å². The average molecular weight is 379 g/mol. The van der Waals surface area contributed by atoms with Crippen molar-refractivity contribution >= 4 is 33.3 Å². The highest BCUT2D eigenvalue weighted by molar-refractivity contribution is 7.92. The largest absolute Gasteiger partial charge is 0.462 e. The van der Waals surface area contributed by atoms with Crippen LogP contribution < -0.4 is 10.0 Å². The fraction of sp³-hybridized carbons (Fsp3) is 0.294. The lowest BCUT2D eigenvalue weighted by molar-refractivity contribution is -0.114. The monoisotopic (exact) mass is 379 g/mol. The molecule has 26 heavy (non-hydrogen) atoms. The van der Waals surface area contributed by atoms with Gasteiger partial charge in [0, 0.05) is 29.7 Å². The molecule has 0 aliphatic rings. The molecular formula is C17H21N3O5S. The summed E-state index contributed by atoms with van der Waals surface area (Å²) in [5, 5.41) is 2.59. The van der Waals surface area contributed by atoms with Crippen LogP contribution in [-0.2, 0) is 19.6 Å². The zero-order valence-corrected chi connectivity index (χ0v) is 15.8. The van der Waals surface area contributed by atoms with Gasteiger partial charge >= 0.3 is 5.97 Å². The van der Waals surface area contributed by atoms with Crippen LogP contribution >= 0.6 is 0 Å². The number of aryl methyl sites for hydroxylation is 2. The van der Waals surface area contributed by atoms with Crippen molar-refractivity contribution in [1.82, 2.24) is 4.98 Å². The summed E-state index contributed by atoms with van der Waals surface area (Å²) in [7, 11) is -4.02. The van der Waals surface area contributed by atoms with E-state index in [1.807, 2.05) is 0 Å². The lowest BCUT2D eigenvalue weighted by Gasteiger charge is -2.11. The summed E-state index contributed by atoms with van der Waals surface area (Å²) >= 11 is 0. The highest BCUT2D eigenvalue weighted by Crippen LogP contribution is 2.27. The van der Waals surface area contributed by atoms with Gasteiger partial charge < -0.3 is 15.0 Å². The summed E-state index contributed by atoms with van der Waals surface area (Å²) < 4.78 is 33.0. The third kappa shape index (κ3) is 4.23. The molecule has 1 aromatic heterocycles. The first-order valence-corrected chi connectivity index (χ1v) is 9.40. The maximum Gasteiger partial charge on any atom is 0.341 e. The molecule has 0 atom stereocenters. The van der Waals surface area contributed by atoms with Crippen molar-refractivity contribution in [2.45, 2.75) is 32.6 Å². The number of hydrogen-bond acceptors (Lipinski definition) is 5. The first kappa shape index (κ1) is 19.5. The van der Waals surface area contributed by atoms with E-state index in [0.717, 1.165) is 0 Å². The Bertz CT molecular complexity index is 930. The zero-order valence-electron chi connectivity index (χ0n) is 15.0. The molecule has 140 valence electrons. The molecule has 1 amide bonds. The number of carbonyl (C=O) groups is 2. The van der Waals surface area contributed by atoms with Crippen molar-refractivity contribution in [2.24, 2.45) is 0 Å². The van der Waals surface area contributed by atoms with Crippen LogP contribution in [-0.4, -0.2) is 31.9 Å². The van der Waals surface area contributed by atoms with Gasteiger partial charge in [0.25, 0.3) is 10.0 Å². The normalized spacial score (nSPS) is 11.1. The molecule has 9 heteroatoms. The van der Waals surface area contributed by atoms with E-state index in [9.17, 15) is 18.0 Å². The van der Waals surface area contributed by atoms with Crippen molar-refractivity contribution < 1.29 is 22.7 Å². The third-order valence-electron chi connectivity index (χ3n) is 3.52. The fourth-order valence-corrected chi connectivity index (χ4v) is 4.08. The van der Waals surface area contributed by atoms with Gasteiger partial charge in [0.05, 0.1) is 6.61 Å². The number of sulfonamides is 1. The molecule has 2 aromatic rings. The van der Waals surface area contributed by atoms with Gasteiger partial charge in [0.15, 0.2) is 0 Å². The SMILES string of the molecule is CCOC(=O)c1c(C)[nH]c(C)c1S(=O)(=O)Nc1ccc(NC(C)=O)cc1. The maximum absolute atomic E-state index is 12.8. The number of aromatic nitrogens is 1. The number of amides is 1. The number of aromatic amines is 1. The van der Waals surface area contributed by atoms with Gasteiger partial charge in [-0.1, -0.05) is 0 Å². The van der Waals surface area contributed by atoms with Gasteiger partial charge in [0.2, 0.25) is 5.91 Å². The third-order valence-corrected chi connectivity index (χ3v) is 5.08. The number of esters is 1. The molecule has 3 N–H and O–H groups in total. The Morgan fingerprint density at radius 1 is 1.08 bits per heavy atom. The number of hydrogen-bond donors (Lipinski definition) is 3. The number of H-pyrrole nitrogens is 1. The van der Waals surface area contributed by atoms with Crippen molar-refractivity contribution in [3.05, 3.63) is 41.2 Å². The van der Waals surface area contributed by atoms with E-state index in [-0.39, 0.29) is 23.0 Å². The molecule has 0 saturated carbocycles. The van der Waals surface area contributed by atoms with Crippen molar-refractivity contribution in [3.63, 3.8) is 0 Å². The van der Waals surface area contributed by atoms with E-state index < -0.39 is 16.0 Å². The van der Waals surface area contributed by atoms with Gasteiger partial charge in [-0.25, -0.2) is 13.2 Å². The summed E-state index contributed by atoms with van der Waals surface area (Å²) in [4.78, 5) is 25.9. The smallest absolute Gasteiger partial charge is 0.341 e. The molecule has 2 rings (SSSR count). The summed E-state index contributed by atoms with van der Waals surface area (Å²) in [5.41, 5.74) is 1.59. The van der Waals surface area contributed by atoms with E-state index in [2.05, 4.69) is 15.0 Å². The number of ether oxygens (including phenoxy) is 1. The van der Waals surface area contributed by atoms with Gasteiger partial charge in [-0.3, -0.25) is 9.52 Å². The minimum absolute atomic E-state index is 0.00767. The second-order valence-electron chi connectivity index (χ2n) is 5.66. The minimum Gasteiger partial charge on any atom is -0.462 e. The standard InChI is InChI=1S/C17H21N3O5S/c1-5-25-17(22)15-10(2)18-11(3)16(15)26(23,24)20-14-8-6-13(7-9-14)19-12(4)21/h6-9,18,20H,5H2,1-4H3,(H,19,21). The van der Waals surface area contributed by atoms with Crippen LogP contribution in [0, 0.1) is 13.8 Å². The summed E-state index contributed by atoms with van der Waals surface area (Å²) in [5.74, 6) is -0.924. The first-order valence-electron chi connectivity index (χ1n) is 7.92. The molecule has 0 aliphatic heterocycles. The zero-order chi connectivity index (χ0) is 19.5. The van der Waals surface area contributed by atoms with E-state index in [4.69, 9.17) is 4.74 Å².